The van der Waals surface area contributed by atoms with Gasteiger partial charge in [0.25, 0.3) is 15.9 Å². The van der Waals surface area contributed by atoms with Gasteiger partial charge in [0.2, 0.25) is 0 Å². The van der Waals surface area contributed by atoms with Crippen molar-refractivity contribution in [1.29, 1.82) is 0 Å². The summed E-state index contributed by atoms with van der Waals surface area (Å²) in [5.41, 5.74) is 0.228. The summed E-state index contributed by atoms with van der Waals surface area (Å²) in [6.45, 7) is 3.91. The van der Waals surface area contributed by atoms with E-state index < -0.39 is 15.9 Å². The zero-order chi connectivity index (χ0) is 16.6. The highest BCUT2D eigenvalue weighted by atomic mass is 32.2. The third-order valence-corrected chi connectivity index (χ3v) is 4.79. The second-order valence-corrected chi connectivity index (χ2v) is 7.21. The molecule has 3 heterocycles. The van der Waals surface area contributed by atoms with Gasteiger partial charge in [-0.05, 0) is 38.1 Å². The van der Waals surface area contributed by atoms with E-state index in [1.54, 1.807) is 36.2 Å². The first-order valence-electron chi connectivity index (χ1n) is 7.21. The lowest BCUT2D eigenvalue weighted by Crippen LogP contribution is -2.42. The lowest BCUT2D eigenvalue weighted by Gasteiger charge is -2.29. The zero-order valence-corrected chi connectivity index (χ0v) is 13.6. The number of furan rings is 1. The third kappa shape index (κ3) is 3.21. The normalized spacial score (nSPS) is 20.3. The van der Waals surface area contributed by atoms with E-state index in [4.69, 9.17) is 4.42 Å². The molecule has 0 aromatic carbocycles. The molecule has 0 spiro atoms. The van der Waals surface area contributed by atoms with Crippen LogP contribution >= 0.6 is 0 Å². The van der Waals surface area contributed by atoms with Crippen LogP contribution in [0.2, 0.25) is 0 Å². The van der Waals surface area contributed by atoms with E-state index in [1.807, 2.05) is 13.0 Å². The smallest absolute Gasteiger partial charge is 0.256 e. The number of amidine groups is 1. The number of rotatable bonds is 3. The summed E-state index contributed by atoms with van der Waals surface area (Å²) in [5.74, 6) is 1.11. The number of hydrogen-bond acceptors (Lipinski definition) is 5. The van der Waals surface area contributed by atoms with Gasteiger partial charge in [-0.3, -0.25) is 4.79 Å². The van der Waals surface area contributed by atoms with E-state index in [9.17, 15) is 13.2 Å². The van der Waals surface area contributed by atoms with Crippen LogP contribution in [0, 0.1) is 6.92 Å². The average Bonchev–Trinajstić information content (AvgIpc) is 2.92. The standard InChI is InChI=1S/C15H17N3O4S/c1-10-5-6-13(22-10)11(2)16-15(19)12-4-3-7-18-8-9-23(20,21)17-14(12)18/h3-7,11H,8-9H2,1-2H3,(H,16,19). The first kappa shape index (κ1) is 15.5. The number of nitrogens with zero attached hydrogens (tertiary/aromatic N) is 2. The molecule has 8 heteroatoms. The summed E-state index contributed by atoms with van der Waals surface area (Å²) in [4.78, 5) is 14.2. The Morgan fingerprint density at radius 3 is 2.91 bits per heavy atom. The number of hydrogen-bond donors (Lipinski definition) is 1. The molecule has 122 valence electrons. The number of allylic oxidation sites excluding steroid dienone is 2. The number of aryl methyl sites for hydroxylation is 1. The first-order chi connectivity index (χ1) is 10.9. The van der Waals surface area contributed by atoms with Crippen molar-refractivity contribution < 1.29 is 17.6 Å². The highest BCUT2D eigenvalue weighted by molar-refractivity contribution is 7.90. The van der Waals surface area contributed by atoms with Crippen molar-refractivity contribution >= 4 is 21.8 Å². The maximum absolute atomic E-state index is 12.5. The van der Waals surface area contributed by atoms with Crippen LogP contribution in [0.5, 0.6) is 0 Å². The molecule has 23 heavy (non-hydrogen) atoms. The molecular formula is C15H17N3O4S. The predicted octanol–water partition coefficient (Wildman–Crippen LogP) is 1.26. The van der Waals surface area contributed by atoms with Crippen molar-refractivity contribution in [2.24, 2.45) is 4.40 Å². The van der Waals surface area contributed by atoms with Gasteiger partial charge in [0.15, 0.2) is 5.84 Å². The monoisotopic (exact) mass is 335 g/mol. The molecule has 2 aliphatic rings. The Morgan fingerprint density at radius 2 is 2.22 bits per heavy atom. The molecule has 0 saturated heterocycles. The molecule has 1 aromatic rings. The molecule has 0 aliphatic carbocycles. The highest BCUT2D eigenvalue weighted by Crippen LogP contribution is 2.20. The number of carbonyl (C=O) groups is 1. The Kier molecular flexibility index (Phi) is 3.85. The molecule has 1 unspecified atom stereocenters. The van der Waals surface area contributed by atoms with Crippen molar-refractivity contribution in [3.05, 3.63) is 47.6 Å². The molecule has 1 atom stereocenters. The SMILES string of the molecule is Cc1ccc(C(C)NC(=O)C2=CC=CN3CCS(=O)(=O)N=C23)o1. The number of nitrogens with one attached hydrogen (secondary N) is 1. The van der Waals surface area contributed by atoms with E-state index in [0.29, 0.717) is 5.76 Å². The van der Waals surface area contributed by atoms with Gasteiger partial charge in [0.1, 0.15) is 11.5 Å². The van der Waals surface area contributed by atoms with Gasteiger partial charge >= 0.3 is 0 Å². The van der Waals surface area contributed by atoms with Crippen LogP contribution in [0.4, 0.5) is 0 Å². The summed E-state index contributed by atoms with van der Waals surface area (Å²) < 4.78 is 32.6. The second-order valence-electron chi connectivity index (χ2n) is 5.46. The van der Waals surface area contributed by atoms with Crippen molar-refractivity contribution in [3.63, 3.8) is 0 Å². The Morgan fingerprint density at radius 1 is 1.43 bits per heavy atom. The fraction of sp³-hybridized carbons (Fsp3) is 0.333. The summed E-state index contributed by atoms with van der Waals surface area (Å²) in [6.07, 6.45) is 4.98. The van der Waals surface area contributed by atoms with Gasteiger partial charge in [0.05, 0.1) is 17.4 Å². The maximum Gasteiger partial charge on any atom is 0.256 e. The summed E-state index contributed by atoms with van der Waals surface area (Å²) in [6, 6.07) is 3.28. The minimum Gasteiger partial charge on any atom is -0.464 e. The zero-order valence-electron chi connectivity index (χ0n) is 12.8. The van der Waals surface area contributed by atoms with Gasteiger partial charge < -0.3 is 14.6 Å². The van der Waals surface area contributed by atoms with Crippen LogP contribution in [0.3, 0.4) is 0 Å². The molecule has 0 saturated carbocycles. The number of fused-ring (bicyclic) bond motifs is 1. The van der Waals surface area contributed by atoms with Crippen molar-refractivity contribution in [2.45, 2.75) is 19.9 Å². The maximum atomic E-state index is 12.5. The van der Waals surface area contributed by atoms with E-state index in [2.05, 4.69) is 9.71 Å². The largest absolute Gasteiger partial charge is 0.464 e. The van der Waals surface area contributed by atoms with Gasteiger partial charge in [-0.25, -0.2) is 8.42 Å². The minimum absolute atomic E-state index is 0.0577. The van der Waals surface area contributed by atoms with Crippen molar-refractivity contribution in [3.8, 4) is 0 Å². The van der Waals surface area contributed by atoms with Crippen LogP contribution in [0.25, 0.3) is 0 Å². The Balaban J connectivity index is 1.82. The Hall–Kier alpha value is -2.35. The molecule has 3 rings (SSSR count). The Labute approximate surface area is 134 Å². The minimum atomic E-state index is -3.52. The molecule has 0 radical (unpaired) electrons. The lowest BCUT2D eigenvalue weighted by molar-refractivity contribution is -0.117. The van der Waals surface area contributed by atoms with Crippen LogP contribution in [-0.4, -0.2) is 37.4 Å². The summed E-state index contributed by atoms with van der Waals surface area (Å²) >= 11 is 0. The average molecular weight is 335 g/mol. The second kappa shape index (κ2) is 5.69. The highest BCUT2D eigenvalue weighted by Gasteiger charge is 2.30. The van der Waals surface area contributed by atoms with Gasteiger partial charge in [0, 0.05) is 12.7 Å². The van der Waals surface area contributed by atoms with Gasteiger partial charge in [-0.1, -0.05) is 0 Å². The quantitative estimate of drug-likeness (QED) is 0.898. The first-order valence-corrected chi connectivity index (χ1v) is 8.82. The topological polar surface area (TPSA) is 92.0 Å². The molecule has 0 fully saturated rings. The van der Waals surface area contributed by atoms with Crippen molar-refractivity contribution in [2.75, 3.05) is 12.3 Å². The van der Waals surface area contributed by atoms with Gasteiger partial charge in [-0.15, -0.1) is 4.40 Å². The molecule has 1 N–H and O–H groups in total. The lowest BCUT2D eigenvalue weighted by atomic mass is 10.1. The Bertz CT molecular complexity index is 833. The molecule has 7 nitrogen and oxygen atoms in total. The van der Waals surface area contributed by atoms with E-state index in [0.717, 1.165) is 5.76 Å². The third-order valence-electron chi connectivity index (χ3n) is 3.64. The molecule has 1 amide bonds. The molecule has 1 aromatic heterocycles. The fourth-order valence-electron chi connectivity index (χ4n) is 2.43. The van der Waals surface area contributed by atoms with Crippen LogP contribution < -0.4 is 5.32 Å². The van der Waals surface area contributed by atoms with Crippen LogP contribution in [-0.2, 0) is 14.8 Å². The van der Waals surface area contributed by atoms with Gasteiger partial charge in [-0.2, -0.15) is 0 Å². The van der Waals surface area contributed by atoms with E-state index in [-0.39, 0.29) is 29.7 Å². The molecule has 0 bridgehead atoms. The number of carbonyl (C=O) groups excluding carboxylic acids is 1. The predicted molar refractivity (Wildman–Crippen MR) is 85.2 cm³/mol. The molecular weight excluding hydrogens is 318 g/mol. The fourth-order valence-corrected chi connectivity index (χ4v) is 3.41. The number of amides is 1. The summed E-state index contributed by atoms with van der Waals surface area (Å²) in [5, 5.41) is 2.80. The number of sulfonamides is 1. The van der Waals surface area contributed by atoms with Crippen molar-refractivity contribution in [1.82, 2.24) is 10.2 Å². The summed E-state index contributed by atoms with van der Waals surface area (Å²) in [7, 11) is -3.52. The molecule has 2 aliphatic heterocycles. The van der Waals surface area contributed by atoms with E-state index >= 15 is 0 Å². The van der Waals surface area contributed by atoms with E-state index in [1.165, 1.54) is 0 Å². The van der Waals surface area contributed by atoms with Crippen LogP contribution in [0.15, 0.2) is 44.9 Å². The van der Waals surface area contributed by atoms with Crippen LogP contribution in [0.1, 0.15) is 24.5 Å².